The first-order chi connectivity index (χ1) is 21.4. The Morgan fingerprint density at radius 2 is 1.87 bits per heavy atom. The second-order valence-electron chi connectivity index (χ2n) is 12.3. The number of rotatable bonds is 8. The summed E-state index contributed by atoms with van der Waals surface area (Å²) in [4.78, 5) is 29.2. The fraction of sp³-hybridized carbons (Fsp3) is 0.387. The van der Waals surface area contributed by atoms with Crippen molar-refractivity contribution in [3.05, 3.63) is 70.7 Å². The molecule has 0 saturated carbocycles. The lowest BCUT2D eigenvalue weighted by atomic mass is 9.89. The number of carbonyl (C=O) groups is 2. The zero-order valence-corrected chi connectivity index (χ0v) is 26.3. The summed E-state index contributed by atoms with van der Waals surface area (Å²) in [5.74, 6) is -1.70. The number of halogens is 4. The lowest BCUT2D eigenvalue weighted by Gasteiger charge is -2.33. The van der Waals surface area contributed by atoms with Crippen LogP contribution in [0.2, 0.25) is 0 Å². The number of alkyl halides is 3. The molecule has 5 rings (SSSR count). The van der Waals surface area contributed by atoms with Gasteiger partial charge in [-0.3, -0.25) is 9.59 Å². The minimum absolute atomic E-state index is 0.0562. The quantitative estimate of drug-likeness (QED) is 0.207. The van der Waals surface area contributed by atoms with Crippen LogP contribution in [-0.4, -0.2) is 57.6 Å². The number of carbonyl (C=O) groups excluding carboxylic acids is 2. The fourth-order valence-corrected chi connectivity index (χ4v) is 5.97. The number of methoxy groups -OCH3 is 1. The summed E-state index contributed by atoms with van der Waals surface area (Å²) in [6, 6.07) is 8.42. The van der Waals surface area contributed by atoms with Gasteiger partial charge in [-0.2, -0.15) is 13.2 Å². The number of aromatic nitrogens is 1. The summed E-state index contributed by atoms with van der Waals surface area (Å²) in [6.45, 7) is 5.26. The largest absolute Gasteiger partial charge is 0.598 e. The van der Waals surface area contributed by atoms with Crippen LogP contribution in [0.15, 0.2) is 42.5 Å². The summed E-state index contributed by atoms with van der Waals surface area (Å²) < 4.78 is 84.7. The van der Waals surface area contributed by atoms with Crippen LogP contribution in [0, 0.1) is 5.82 Å². The lowest BCUT2D eigenvalue weighted by molar-refractivity contribution is -0.265. The number of ether oxygens (including phenoxy) is 2. The van der Waals surface area contributed by atoms with E-state index in [1.807, 2.05) is 0 Å². The van der Waals surface area contributed by atoms with Gasteiger partial charge in [0.1, 0.15) is 34.2 Å². The molecule has 3 heterocycles. The molecule has 3 unspecified atom stereocenters. The highest BCUT2D eigenvalue weighted by atomic mass is 32.2. The van der Waals surface area contributed by atoms with Crippen LogP contribution in [0.1, 0.15) is 54.9 Å². The van der Waals surface area contributed by atoms with Crippen molar-refractivity contribution in [3.63, 3.8) is 0 Å². The summed E-state index contributed by atoms with van der Waals surface area (Å²) in [6.07, 6.45) is -5.41. The Kier molecular flexibility index (Phi) is 8.51. The van der Waals surface area contributed by atoms with Crippen molar-refractivity contribution in [1.82, 2.24) is 15.0 Å². The predicted molar refractivity (Wildman–Crippen MR) is 161 cm³/mol. The number of nitrogens with one attached hydrogen (secondary N) is 3. The van der Waals surface area contributed by atoms with E-state index in [0.29, 0.717) is 11.3 Å². The van der Waals surface area contributed by atoms with Crippen molar-refractivity contribution in [2.24, 2.45) is 0 Å². The van der Waals surface area contributed by atoms with Crippen molar-refractivity contribution in [2.45, 2.75) is 56.2 Å². The van der Waals surface area contributed by atoms with E-state index in [1.54, 1.807) is 27.7 Å². The third-order valence-electron chi connectivity index (χ3n) is 7.74. The summed E-state index contributed by atoms with van der Waals surface area (Å²) >= 11 is -1.69. The molecule has 0 radical (unpaired) electrons. The Hall–Kier alpha value is -3.92. The maximum atomic E-state index is 14.8. The monoisotopic (exact) mass is 664 g/mol. The molecule has 4 N–H and O–H groups in total. The molecule has 3 aromatic rings. The van der Waals surface area contributed by atoms with Gasteiger partial charge >= 0.3 is 6.18 Å². The summed E-state index contributed by atoms with van der Waals surface area (Å²) in [5.41, 5.74) is -5.00. The molecule has 2 aromatic carbocycles. The number of benzene rings is 2. The number of fused-ring (bicyclic) bond motifs is 2. The van der Waals surface area contributed by atoms with Gasteiger partial charge in [-0.15, -0.1) is 4.72 Å². The van der Waals surface area contributed by atoms with Crippen molar-refractivity contribution in [1.29, 1.82) is 0 Å². The molecule has 0 bridgehead atoms. The third-order valence-corrected chi connectivity index (χ3v) is 9.49. The van der Waals surface area contributed by atoms with Crippen LogP contribution in [0.3, 0.4) is 0 Å². The van der Waals surface area contributed by atoms with Crippen molar-refractivity contribution in [3.8, 4) is 22.8 Å². The second kappa shape index (κ2) is 11.7. The minimum atomic E-state index is -5.36. The fourth-order valence-electron chi connectivity index (χ4n) is 5.09. The summed E-state index contributed by atoms with van der Waals surface area (Å²) in [7, 11) is 1.31. The Morgan fingerprint density at radius 1 is 1.20 bits per heavy atom. The highest BCUT2D eigenvalue weighted by molar-refractivity contribution is 7.90. The van der Waals surface area contributed by atoms with Gasteiger partial charge in [0.15, 0.2) is 5.75 Å². The summed E-state index contributed by atoms with van der Waals surface area (Å²) in [5, 5.41) is 16.1. The van der Waals surface area contributed by atoms with Gasteiger partial charge in [0, 0.05) is 28.1 Å². The van der Waals surface area contributed by atoms with E-state index in [2.05, 4.69) is 20.3 Å². The van der Waals surface area contributed by atoms with E-state index < -0.39 is 57.4 Å². The van der Waals surface area contributed by atoms with E-state index in [-0.39, 0.29) is 52.8 Å². The smallest absolute Gasteiger partial charge is 0.424 e. The first-order valence-electron chi connectivity index (χ1n) is 14.1. The molecule has 0 spiro atoms. The molecule has 246 valence electrons. The van der Waals surface area contributed by atoms with Crippen LogP contribution < -0.4 is 24.8 Å². The number of nitrogens with zero attached hydrogens (tertiary/aromatic N) is 1. The molecule has 46 heavy (non-hydrogen) atoms. The number of hydrogen-bond donors (Lipinski definition) is 4. The maximum Gasteiger partial charge on any atom is 0.424 e. The molecule has 3 atom stereocenters. The van der Waals surface area contributed by atoms with Gasteiger partial charge in [-0.25, -0.2) is 9.37 Å². The van der Waals surface area contributed by atoms with Gasteiger partial charge in [0.05, 0.1) is 31.5 Å². The van der Waals surface area contributed by atoms with Crippen molar-refractivity contribution >= 4 is 28.9 Å². The number of anilines is 1. The van der Waals surface area contributed by atoms with Crippen LogP contribution in [0.4, 0.5) is 23.2 Å². The standard InChI is InChI=1S/C31H32F4N4O6S/c1-28(2,3)46(43)39-29(4)15-45-26-20(29)13-22(37-25(26)16-6-8-19(32)9-7-16)30(42,31(33,34)35)14-36-27(41)18-10-17-12-23(40)38-24(17)21(11-18)44-5/h6-11,13,39,42H,12,14-15H2,1-5H3,(H,36,41)(H,38,40). The molecular weight excluding hydrogens is 632 g/mol. The number of aliphatic hydroxyl groups is 1. The zero-order valence-electron chi connectivity index (χ0n) is 25.5. The number of pyridine rings is 1. The van der Waals surface area contributed by atoms with Gasteiger partial charge in [-0.1, -0.05) is 0 Å². The van der Waals surface area contributed by atoms with Crippen LogP contribution in [0.25, 0.3) is 11.3 Å². The molecule has 15 heteroatoms. The Labute approximate surface area is 265 Å². The SMILES string of the molecule is COc1cc(C(=O)NCC(O)(c2cc3c(c(-c4ccc(F)cc4)n2)OCC3(C)N[S+]([O-])C(C)(C)C)C(F)(F)F)cc2c1NC(=O)C2. The molecule has 2 amide bonds. The van der Waals surface area contributed by atoms with Crippen molar-refractivity contribution in [2.75, 3.05) is 25.6 Å². The van der Waals surface area contributed by atoms with Crippen molar-refractivity contribution < 1.29 is 46.3 Å². The number of amides is 2. The van der Waals surface area contributed by atoms with Crippen LogP contribution in [-0.2, 0) is 33.7 Å². The average molecular weight is 665 g/mol. The van der Waals surface area contributed by atoms with E-state index in [0.717, 1.165) is 18.2 Å². The van der Waals surface area contributed by atoms with Crippen LogP contribution in [0.5, 0.6) is 11.5 Å². The van der Waals surface area contributed by atoms with E-state index in [4.69, 9.17) is 9.47 Å². The highest BCUT2D eigenvalue weighted by Gasteiger charge is 2.58. The Balaban J connectivity index is 1.58. The number of hydrogen-bond acceptors (Lipinski definition) is 8. The van der Waals surface area contributed by atoms with Gasteiger partial charge in [0.25, 0.3) is 5.91 Å². The maximum absolute atomic E-state index is 14.8. The van der Waals surface area contributed by atoms with E-state index in [9.17, 15) is 36.8 Å². The topological polar surface area (TPSA) is 145 Å². The molecule has 10 nitrogen and oxygen atoms in total. The van der Waals surface area contributed by atoms with E-state index >= 15 is 0 Å². The van der Waals surface area contributed by atoms with Gasteiger partial charge in [-0.05, 0) is 75.7 Å². The van der Waals surface area contributed by atoms with E-state index in [1.165, 1.54) is 31.4 Å². The highest BCUT2D eigenvalue weighted by Crippen LogP contribution is 2.47. The predicted octanol–water partition coefficient (Wildman–Crippen LogP) is 4.23. The molecule has 0 aliphatic carbocycles. The average Bonchev–Trinajstić information content (AvgIpc) is 3.52. The molecule has 0 fully saturated rings. The minimum Gasteiger partial charge on any atom is -0.598 e. The van der Waals surface area contributed by atoms with Gasteiger partial charge < -0.3 is 29.8 Å². The molecule has 1 aromatic heterocycles. The Morgan fingerprint density at radius 3 is 2.48 bits per heavy atom. The zero-order chi connectivity index (χ0) is 33.8. The normalized spacial score (nSPS) is 19.4. The van der Waals surface area contributed by atoms with Gasteiger partial charge in [0.2, 0.25) is 11.5 Å². The molecule has 2 aliphatic rings. The molecular formula is C31H32F4N4O6S. The first kappa shape index (κ1) is 33.4. The molecule has 0 saturated heterocycles. The van der Waals surface area contributed by atoms with Crippen LogP contribution >= 0.6 is 0 Å². The second-order valence-corrected chi connectivity index (χ2v) is 14.3. The Bertz CT molecular complexity index is 1700. The molecule has 2 aliphatic heterocycles. The first-order valence-corrected chi connectivity index (χ1v) is 15.2. The lowest BCUT2D eigenvalue weighted by Crippen LogP contribution is -2.52. The third kappa shape index (κ3) is 6.11.